The molecular weight excluding hydrogens is 204 g/mol. The summed E-state index contributed by atoms with van der Waals surface area (Å²) in [7, 11) is 0. The summed E-state index contributed by atoms with van der Waals surface area (Å²) >= 11 is 0. The minimum atomic E-state index is -0.242. The minimum absolute atomic E-state index is 0.242. The fraction of sp³-hybridized carbons (Fsp3) is 0.417. The summed E-state index contributed by atoms with van der Waals surface area (Å²) in [6.45, 7) is 4.72. The lowest BCUT2D eigenvalue weighted by atomic mass is 10.2. The van der Waals surface area contributed by atoms with Crippen molar-refractivity contribution in [2.45, 2.75) is 6.92 Å². The highest BCUT2D eigenvalue weighted by molar-refractivity contribution is 5.65. The average Bonchev–Trinajstić information content (AvgIpc) is 2.30. The molecule has 4 nitrogen and oxygen atoms in total. The molecule has 0 N–H and O–H groups in total. The molecule has 0 spiro atoms. The van der Waals surface area contributed by atoms with Gasteiger partial charge in [0.15, 0.2) is 0 Å². The quantitative estimate of drug-likeness (QED) is 0.752. The van der Waals surface area contributed by atoms with E-state index in [1.807, 2.05) is 18.2 Å². The van der Waals surface area contributed by atoms with Gasteiger partial charge in [-0.25, -0.2) is 0 Å². The summed E-state index contributed by atoms with van der Waals surface area (Å²) < 4.78 is 0. The van der Waals surface area contributed by atoms with Gasteiger partial charge in [0.25, 0.3) is 0 Å². The van der Waals surface area contributed by atoms with Crippen molar-refractivity contribution in [2.75, 3.05) is 31.1 Å². The molecule has 2 rings (SSSR count). The molecule has 0 unspecified atom stereocenters. The number of piperazine rings is 1. The first-order valence-corrected chi connectivity index (χ1v) is 5.49. The zero-order valence-corrected chi connectivity index (χ0v) is 9.43. The normalized spacial score (nSPS) is 17.2. The fourth-order valence-electron chi connectivity index (χ4n) is 1.86. The second kappa shape index (κ2) is 4.99. The van der Waals surface area contributed by atoms with Crippen molar-refractivity contribution in [3.8, 4) is 0 Å². The first-order chi connectivity index (χ1) is 7.75. The molecule has 1 fully saturated rings. The van der Waals surface area contributed by atoms with E-state index in [1.54, 1.807) is 5.06 Å². The molecule has 0 aliphatic carbocycles. The van der Waals surface area contributed by atoms with Crippen LogP contribution in [0, 0.1) is 0 Å². The number of carbonyl (C=O) groups is 1. The summed E-state index contributed by atoms with van der Waals surface area (Å²) in [5, 5.41) is 1.72. The van der Waals surface area contributed by atoms with Crippen LogP contribution in [0.4, 0.5) is 5.69 Å². The standard InChI is InChI=1S/C12H16N2O2/c1-11(15)16-14-9-7-13(8-10-14)12-5-3-2-4-6-12/h2-6H,7-10H2,1H3. The van der Waals surface area contributed by atoms with E-state index in [2.05, 4.69) is 17.0 Å². The number of rotatable bonds is 2. The molecule has 1 saturated heterocycles. The van der Waals surface area contributed by atoms with E-state index in [0.29, 0.717) is 0 Å². The van der Waals surface area contributed by atoms with Crippen LogP contribution in [0.2, 0.25) is 0 Å². The molecule has 1 heterocycles. The monoisotopic (exact) mass is 220 g/mol. The van der Waals surface area contributed by atoms with Crippen LogP contribution >= 0.6 is 0 Å². The van der Waals surface area contributed by atoms with Gasteiger partial charge in [0, 0.05) is 25.7 Å². The smallest absolute Gasteiger partial charge is 0.322 e. The molecule has 1 aliphatic heterocycles. The maximum absolute atomic E-state index is 10.8. The van der Waals surface area contributed by atoms with E-state index < -0.39 is 0 Å². The van der Waals surface area contributed by atoms with Crippen molar-refractivity contribution in [2.24, 2.45) is 0 Å². The molecular formula is C12H16N2O2. The van der Waals surface area contributed by atoms with Crippen LogP contribution in [0.5, 0.6) is 0 Å². The molecule has 1 aliphatic rings. The van der Waals surface area contributed by atoms with Gasteiger partial charge in [-0.15, -0.1) is 5.06 Å². The van der Waals surface area contributed by atoms with Gasteiger partial charge in [0.1, 0.15) is 0 Å². The Bertz CT molecular complexity index is 345. The second-order valence-electron chi connectivity index (χ2n) is 3.83. The highest BCUT2D eigenvalue weighted by Crippen LogP contribution is 2.15. The van der Waals surface area contributed by atoms with E-state index in [4.69, 9.17) is 4.84 Å². The van der Waals surface area contributed by atoms with Crippen molar-refractivity contribution in [3.63, 3.8) is 0 Å². The lowest BCUT2D eigenvalue weighted by Crippen LogP contribution is -2.46. The molecule has 0 aromatic heterocycles. The number of carbonyl (C=O) groups excluding carboxylic acids is 1. The van der Waals surface area contributed by atoms with Crippen molar-refractivity contribution >= 4 is 11.7 Å². The molecule has 1 aromatic carbocycles. The molecule has 1 aromatic rings. The van der Waals surface area contributed by atoms with Gasteiger partial charge in [-0.1, -0.05) is 18.2 Å². The summed E-state index contributed by atoms with van der Waals surface area (Å²) in [5.41, 5.74) is 1.23. The number of hydroxylamine groups is 2. The Morgan fingerprint density at radius 1 is 1.12 bits per heavy atom. The first-order valence-electron chi connectivity index (χ1n) is 5.49. The molecule has 0 radical (unpaired) electrons. The van der Waals surface area contributed by atoms with Gasteiger partial charge in [-0.05, 0) is 12.1 Å². The SMILES string of the molecule is CC(=O)ON1CCN(c2ccccc2)CC1. The predicted molar refractivity (Wildman–Crippen MR) is 62.0 cm³/mol. The third-order valence-corrected chi connectivity index (χ3v) is 2.62. The summed E-state index contributed by atoms with van der Waals surface area (Å²) in [4.78, 5) is 18.1. The summed E-state index contributed by atoms with van der Waals surface area (Å²) in [6, 6.07) is 10.3. The Hall–Kier alpha value is -1.55. The largest absolute Gasteiger partial charge is 0.369 e. The number of anilines is 1. The lowest BCUT2D eigenvalue weighted by molar-refractivity contribution is -0.188. The zero-order chi connectivity index (χ0) is 11.4. The zero-order valence-electron chi connectivity index (χ0n) is 9.43. The van der Waals surface area contributed by atoms with E-state index in [-0.39, 0.29) is 5.97 Å². The Kier molecular flexibility index (Phi) is 3.41. The maximum Gasteiger partial charge on any atom is 0.322 e. The van der Waals surface area contributed by atoms with Gasteiger partial charge in [0.05, 0.1) is 13.1 Å². The number of nitrogens with zero attached hydrogens (tertiary/aromatic N) is 2. The Morgan fingerprint density at radius 2 is 1.75 bits per heavy atom. The van der Waals surface area contributed by atoms with Crippen molar-refractivity contribution in [3.05, 3.63) is 30.3 Å². The molecule has 0 amide bonds. The van der Waals surface area contributed by atoms with E-state index in [0.717, 1.165) is 26.2 Å². The van der Waals surface area contributed by atoms with Crippen LogP contribution in [0.3, 0.4) is 0 Å². The lowest BCUT2D eigenvalue weighted by Gasteiger charge is -2.34. The van der Waals surface area contributed by atoms with Gasteiger partial charge in [0.2, 0.25) is 0 Å². The van der Waals surface area contributed by atoms with E-state index in [9.17, 15) is 4.79 Å². The Balaban J connectivity index is 1.88. The van der Waals surface area contributed by atoms with Gasteiger partial charge >= 0.3 is 5.97 Å². The van der Waals surface area contributed by atoms with Crippen LogP contribution in [-0.4, -0.2) is 37.2 Å². The van der Waals surface area contributed by atoms with Crippen LogP contribution in [0.1, 0.15) is 6.92 Å². The number of hydrogen-bond acceptors (Lipinski definition) is 4. The van der Waals surface area contributed by atoms with Crippen LogP contribution in [-0.2, 0) is 9.63 Å². The third kappa shape index (κ3) is 2.73. The topological polar surface area (TPSA) is 32.8 Å². The molecule has 0 bridgehead atoms. The van der Waals surface area contributed by atoms with E-state index in [1.165, 1.54) is 12.6 Å². The van der Waals surface area contributed by atoms with Gasteiger partial charge in [-0.3, -0.25) is 4.79 Å². The van der Waals surface area contributed by atoms with Crippen molar-refractivity contribution < 1.29 is 9.63 Å². The number of hydrogen-bond donors (Lipinski definition) is 0. The third-order valence-electron chi connectivity index (χ3n) is 2.62. The highest BCUT2D eigenvalue weighted by Gasteiger charge is 2.18. The molecule has 16 heavy (non-hydrogen) atoms. The van der Waals surface area contributed by atoms with Crippen LogP contribution < -0.4 is 4.90 Å². The van der Waals surface area contributed by atoms with Crippen molar-refractivity contribution in [1.29, 1.82) is 0 Å². The Labute approximate surface area is 95.4 Å². The molecule has 0 atom stereocenters. The second-order valence-corrected chi connectivity index (χ2v) is 3.83. The molecule has 4 heteroatoms. The van der Waals surface area contributed by atoms with Gasteiger partial charge < -0.3 is 9.74 Å². The first kappa shape index (κ1) is 11.0. The molecule has 86 valence electrons. The number of benzene rings is 1. The van der Waals surface area contributed by atoms with Crippen molar-refractivity contribution in [1.82, 2.24) is 5.06 Å². The maximum atomic E-state index is 10.8. The van der Waals surface area contributed by atoms with Crippen LogP contribution in [0.25, 0.3) is 0 Å². The molecule has 0 saturated carbocycles. The Morgan fingerprint density at radius 3 is 2.31 bits per heavy atom. The number of para-hydroxylation sites is 1. The minimum Gasteiger partial charge on any atom is -0.369 e. The predicted octanol–water partition coefficient (Wildman–Crippen LogP) is 1.29. The average molecular weight is 220 g/mol. The fourth-order valence-corrected chi connectivity index (χ4v) is 1.86. The summed E-state index contributed by atoms with van der Waals surface area (Å²) in [5.74, 6) is -0.242. The summed E-state index contributed by atoms with van der Waals surface area (Å²) in [6.07, 6.45) is 0. The van der Waals surface area contributed by atoms with Gasteiger partial charge in [-0.2, -0.15) is 0 Å². The van der Waals surface area contributed by atoms with E-state index >= 15 is 0 Å². The van der Waals surface area contributed by atoms with Crippen LogP contribution in [0.15, 0.2) is 30.3 Å². The highest BCUT2D eigenvalue weighted by atomic mass is 16.7.